The summed E-state index contributed by atoms with van der Waals surface area (Å²) in [6.45, 7) is 0. The second-order valence-electron chi connectivity index (χ2n) is 5.23. The minimum absolute atomic E-state index is 0.793. The van der Waals surface area contributed by atoms with Crippen LogP contribution in [0.1, 0.15) is 11.1 Å². The minimum Gasteiger partial charge on any atom is -0.196 e. The third-order valence-corrected chi connectivity index (χ3v) is 4.27. The average molecular weight is 266 g/mol. The second kappa shape index (κ2) is 3.95. The maximum Gasteiger partial charge on any atom is 0.194 e. The number of nitrogens with zero attached hydrogens (tertiary/aromatic N) is 2. The molecule has 0 saturated carbocycles. The third-order valence-electron chi connectivity index (χ3n) is 4.27. The first kappa shape index (κ1) is 11.7. The van der Waals surface area contributed by atoms with Crippen LogP contribution in [-0.2, 0) is 5.41 Å². The third kappa shape index (κ3) is 1.29. The van der Waals surface area contributed by atoms with Gasteiger partial charge in [0, 0.05) is 0 Å². The maximum absolute atomic E-state index is 9.71. The Morgan fingerprint density at radius 3 is 2.24 bits per heavy atom. The van der Waals surface area contributed by atoms with E-state index in [4.69, 9.17) is 0 Å². The van der Waals surface area contributed by atoms with Crippen LogP contribution in [0.5, 0.6) is 0 Å². The molecule has 0 amide bonds. The number of rotatable bonds is 0. The van der Waals surface area contributed by atoms with Crippen LogP contribution in [0.25, 0.3) is 21.9 Å². The molecule has 0 heterocycles. The lowest BCUT2D eigenvalue weighted by Gasteiger charge is -2.14. The fourth-order valence-electron chi connectivity index (χ4n) is 3.31. The molecule has 96 valence electrons. The summed E-state index contributed by atoms with van der Waals surface area (Å²) in [7, 11) is 0. The van der Waals surface area contributed by atoms with E-state index in [1.807, 2.05) is 48.5 Å². The SMILES string of the molecule is N#CC1(C#N)c2ccccc2-c2c1ccc1ccccc21. The Bertz CT molecular complexity index is 957. The van der Waals surface area contributed by atoms with Gasteiger partial charge in [-0.1, -0.05) is 60.7 Å². The summed E-state index contributed by atoms with van der Waals surface area (Å²) < 4.78 is 0. The van der Waals surface area contributed by atoms with Gasteiger partial charge in [-0.05, 0) is 33.0 Å². The molecule has 0 aromatic heterocycles. The molecule has 4 rings (SSSR count). The van der Waals surface area contributed by atoms with Gasteiger partial charge in [-0.25, -0.2) is 0 Å². The summed E-state index contributed by atoms with van der Waals surface area (Å²) >= 11 is 0. The van der Waals surface area contributed by atoms with Crippen molar-refractivity contribution in [1.82, 2.24) is 0 Å². The molecule has 1 aliphatic rings. The van der Waals surface area contributed by atoms with E-state index < -0.39 is 5.41 Å². The van der Waals surface area contributed by atoms with E-state index in [1.165, 1.54) is 0 Å². The van der Waals surface area contributed by atoms with E-state index in [-0.39, 0.29) is 0 Å². The molecular formula is C19H10N2. The van der Waals surface area contributed by atoms with Gasteiger partial charge in [-0.3, -0.25) is 0 Å². The van der Waals surface area contributed by atoms with Crippen LogP contribution in [0.4, 0.5) is 0 Å². The van der Waals surface area contributed by atoms with Crippen molar-refractivity contribution < 1.29 is 0 Å². The fourth-order valence-corrected chi connectivity index (χ4v) is 3.31. The first-order valence-electron chi connectivity index (χ1n) is 6.76. The van der Waals surface area contributed by atoms with Gasteiger partial charge in [0.25, 0.3) is 0 Å². The van der Waals surface area contributed by atoms with E-state index in [9.17, 15) is 10.5 Å². The van der Waals surface area contributed by atoms with Crippen LogP contribution in [0.3, 0.4) is 0 Å². The number of hydrogen-bond acceptors (Lipinski definition) is 2. The molecule has 21 heavy (non-hydrogen) atoms. The zero-order chi connectivity index (χ0) is 14.4. The second-order valence-corrected chi connectivity index (χ2v) is 5.23. The highest BCUT2D eigenvalue weighted by Gasteiger charge is 2.44. The van der Waals surface area contributed by atoms with Gasteiger partial charge in [0.05, 0.1) is 12.1 Å². The average Bonchev–Trinajstić information content (AvgIpc) is 2.85. The molecule has 2 heteroatoms. The summed E-state index contributed by atoms with van der Waals surface area (Å²) in [5.41, 5.74) is 2.41. The number of fused-ring (bicyclic) bond motifs is 5. The summed E-state index contributed by atoms with van der Waals surface area (Å²) in [6.07, 6.45) is 0. The van der Waals surface area contributed by atoms with Crippen LogP contribution in [-0.4, -0.2) is 0 Å². The number of benzene rings is 3. The van der Waals surface area contributed by atoms with Gasteiger partial charge in [0.15, 0.2) is 5.41 Å². The highest BCUT2D eigenvalue weighted by Crippen LogP contribution is 2.50. The molecule has 0 saturated heterocycles. The fraction of sp³-hybridized carbons (Fsp3) is 0.0526. The Kier molecular flexibility index (Phi) is 2.20. The molecule has 2 nitrogen and oxygen atoms in total. The van der Waals surface area contributed by atoms with Gasteiger partial charge < -0.3 is 0 Å². The van der Waals surface area contributed by atoms with Gasteiger partial charge in [-0.2, -0.15) is 10.5 Å². The maximum atomic E-state index is 9.71. The first-order chi connectivity index (χ1) is 10.3. The Hall–Kier alpha value is -3.10. The van der Waals surface area contributed by atoms with Gasteiger partial charge in [0.1, 0.15) is 0 Å². The van der Waals surface area contributed by atoms with Crippen molar-refractivity contribution in [3.63, 3.8) is 0 Å². The van der Waals surface area contributed by atoms with Crippen molar-refractivity contribution in [3.8, 4) is 23.3 Å². The van der Waals surface area contributed by atoms with Crippen LogP contribution in [0, 0.1) is 22.7 Å². The zero-order valence-corrected chi connectivity index (χ0v) is 11.2. The van der Waals surface area contributed by atoms with Crippen molar-refractivity contribution in [2.24, 2.45) is 0 Å². The predicted octanol–water partition coefficient (Wildman–Crippen LogP) is 4.15. The van der Waals surface area contributed by atoms with Gasteiger partial charge in [-0.15, -0.1) is 0 Å². The quantitative estimate of drug-likeness (QED) is 0.613. The molecule has 0 N–H and O–H groups in total. The summed E-state index contributed by atoms with van der Waals surface area (Å²) in [6, 6.07) is 24.2. The highest BCUT2D eigenvalue weighted by molar-refractivity contribution is 6.03. The van der Waals surface area contributed by atoms with E-state index in [2.05, 4.69) is 24.3 Å². The Labute approximate surface area is 122 Å². The largest absolute Gasteiger partial charge is 0.196 e. The van der Waals surface area contributed by atoms with Gasteiger partial charge in [0.2, 0.25) is 0 Å². The van der Waals surface area contributed by atoms with E-state index in [1.54, 1.807) is 0 Å². The lowest BCUT2D eigenvalue weighted by Crippen LogP contribution is -2.20. The van der Waals surface area contributed by atoms with Crippen LogP contribution >= 0.6 is 0 Å². The number of nitriles is 2. The predicted molar refractivity (Wildman–Crippen MR) is 81.4 cm³/mol. The lowest BCUT2D eigenvalue weighted by molar-refractivity contribution is 0.879. The minimum atomic E-state index is -1.20. The van der Waals surface area contributed by atoms with Gasteiger partial charge >= 0.3 is 0 Å². The molecule has 0 aliphatic heterocycles. The van der Waals surface area contributed by atoms with Crippen molar-refractivity contribution in [2.45, 2.75) is 5.41 Å². The van der Waals surface area contributed by atoms with Crippen LogP contribution < -0.4 is 0 Å². The Morgan fingerprint density at radius 2 is 1.43 bits per heavy atom. The zero-order valence-electron chi connectivity index (χ0n) is 11.2. The van der Waals surface area contributed by atoms with Crippen LogP contribution in [0.15, 0.2) is 60.7 Å². The molecular weight excluding hydrogens is 256 g/mol. The topological polar surface area (TPSA) is 47.6 Å². The van der Waals surface area contributed by atoms with Crippen molar-refractivity contribution in [3.05, 3.63) is 71.8 Å². The van der Waals surface area contributed by atoms with Crippen molar-refractivity contribution in [2.75, 3.05) is 0 Å². The van der Waals surface area contributed by atoms with E-state index in [0.29, 0.717) is 0 Å². The standard InChI is InChI=1S/C19H10N2/c20-11-19(12-21)16-8-4-3-7-15(16)18-14-6-2-1-5-13(14)9-10-17(18)19/h1-10H. The molecule has 0 spiro atoms. The normalized spacial score (nSPS) is 14.0. The molecule has 3 aromatic rings. The molecule has 0 fully saturated rings. The molecule has 0 radical (unpaired) electrons. The molecule has 1 aliphatic carbocycles. The molecule has 0 unspecified atom stereocenters. The van der Waals surface area contributed by atoms with E-state index >= 15 is 0 Å². The summed E-state index contributed by atoms with van der Waals surface area (Å²) in [5.74, 6) is 0. The molecule has 0 bridgehead atoms. The monoisotopic (exact) mass is 266 g/mol. The first-order valence-corrected chi connectivity index (χ1v) is 6.76. The number of hydrogen-bond donors (Lipinski definition) is 0. The van der Waals surface area contributed by atoms with Crippen molar-refractivity contribution >= 4 is 10.8 Å². The summed E-state index contributed by atoms with van der Waals surface area (Å²) in [4.78, 5) is 0. The highest BCUT2D eigenvalue weighted by atomic mass is 14.5. The molecule has 3 aromatic carbocycles. The Morgan fingerprint density at radius 1 is 0.714 bits per heavy atom. The Balaban J connectivity index is 2.26. The van der Waals surface area contributed by atoms with E-state index in [0.717, 1.165) is 33.0 Å². The molecule has 0 atom stereocenters. The summed E-state index contributed by atoms with van der Waals surface area (Å²) in [5, 5.41) is 21.6. The van der Waals surface area contributed by atoms with Crippen molar-refractivity contribution in [1.29, 1.82) is 10.5 Å². The lowest BCUT2D eigenvalue weighted by atomic mass is 9.81. The van der Waals surface area contributed by atoms with Crippen LogP contribution in [0.2, 0.25) is 0 Å². The smallest absolute Gasteiger partial charge is 0.194 e.